The number of rotatable bonds is 3. The minimum Gasteiger partial charge on any atom is -0.303 e. The minimum atomic E-state index is -1.15. The van der Waals surface area contributed by atoms with E-state index in [4.69, 9.17) is 0 Å². The fourth-order valence-electron chi connectivity index (χ4n) is 1.15. The molecule has 0 saturated heterocycles. The van der Waals surface area contributed by atoms with Gasteiger partial charge in [0, 0.05) is 6.42 Å². The van der Waals surface area contributed by atoms with E-state index in [1.165, 1.54) is 0 Å². The molecule has 0 N–H and O–H groups in total. The average Bonchev–Trinajstić information content (AvgIpc) is 2.05. The van der Waals surface area contributed by atoms with Gasteiger partial charge < -0.3 is 4.79 Å². The van der Waals surface area contributed by atoms with Crippen LogP contribution in [0.1, 0.15) is 23.7 Å². The van der Waals surface area contributed by atoms with E-state index < -0.39 is 6.17 Å². The van der Waals surface area contributed by atoms with Crippen LogP contribution in [0.15, 0.2) is 24.3 Å². The number of hydrogen-bond acceptors (Lipinski definition) is 1. The summed E-state index contributed by atoms with van der Waals surface area (Å²) >= 11 is 0. The SMILES string of the molecule is Cc1ccccc1C(F)CC=O. The lowest BCUT2D eigenvalue weighted by molar-refractivity contribution is -0.108. The van der Waals surface area contributed by atoms with E-state index in [0.29, 0.717) is 11.8 Å². The fourth-order valence-corrected chi connectivity index (χ4v) is 1.15. The monoisotopic (exact) mass is 166 g/mol. The third-order valence-electron chi connectivity index (χ3n) is 1.83. The normalized spacial score (nSPS) is 12.5. The molecule has 0 bridgehead atoms. The lowest BCUT2D eigenvalue weighted by Gasteiger charge is -2.07. The van der Waals surface area contributed by atoms with Crippen LogP contribution in [-0.2, 0) is 4.79 Å². The summed E-state index contributed by atoms with van der Waals surface area (Å²) in [6.45, 7) is 1.84. The summed E-state index contributed by atoms with van der Waals surface area (Å²) in [6, 6.07) is 7.18. The molecule has 0 aliphatic carbocycles. The molecule has 64 valence electrons. The Labute approximate surface area is 71.2 Å². The van der Waals surface area contributed by atoms with Gasteiger partial charge in [-0.15, -0.1) is 0 Å². The predicted molar refractivity (Wildman–Crippen MR) is 45.7 cm³/mol. The Bertz CT molecular complexity index is 270. The maximum Gasteiger partial charge on any atom is 0.132 e. The molecule has 1 aromatic rings. The third kappa shape index (κ3) is 1.91. The average molecular weight is 166 g/mol. The predicted octanol–water partition coefficient (Wildman–Crippen LogP) is 2.59. The van der Waals surface area contributed by atoms with Crippen LogP contribution >= 0.6 is 0 Å². The van der Waals surface area contributed by atoms with Gasteiger partial charge in [-0.2, -0.15) is 0 Å². The first-order valence-electron chi connectivity index (χ1n) is 3.89. The van der Waals surface area contributed by atoms with E-state index in [9.17, 15) is 9.18 Å². The first kappa shape index (κ1) is 8.91. The third-order valence-corrected chi connectivity index (χ3v) is 1.83. The lowest BCUT2D eigenvalue weighted by atomic mass is 10.0. The Morgan fingerprint density at radius 1 is 1.50 bits per heavy atom. The Balaban J connectivity index is 2.86. The van der Waals surface area contributed by atoms with Crippen molar-refractivity contribution in [1.82, 2.24) is 0 Å². The van der Waals surface area contributed by atoms with Crippen molar-refractivity contribution in [2.45, 2.75) is 19.5 Å². The van der Waals surface area contributed by atoms with E-state index in [0.717, 1.165) is 5.56 Å². The molecular formula is C10H11FO. The van der Waals surface area contributed by atoms with Gasteiger partial charge in [0.15, 0.2) is 0 Å². The number of hydrogen-bond donors (Lipinski definition) is 0. The summed E-state index contributed by atoms with van der Waals surface area (Å²) in [5, 5.41) is 0. The molecule has 0 aromatic heterocycles. The zero-order valence-electron chi connectivity index (χ0n) is 6.96. The molecule has 0 aliphatic rings. The first-order valence-corrected chi connectivity index (χ1v) is 3.89. The maximum atomic E-state index is 13.2. The topological polar surface area (TPSA) is 17.1 Å². The molecule has 0 spiro atoms. The van der Waals surface area contributed by atoms with Crippen molar-refractivity contribution in [2.24, 2.45) is 0 Å². The van der Waals surface area contributed by atoms with Gasteiger partial charge >= 0.3 is 0 Å². The standard InChI is InChI=1S/C10H11FO/c1-8-4-2-3-5-9(8)10(11)6-7-12/h2-5,7,10H,6H2,1H3. The molecule has 0 aliphatic heterocycles. The summed E-state index contributed by atoms with van der Waals surface area (Å²) in [7, 11) is 0. The van der Waals surface area contributed by atoms with Crippen LogP contribution in [0, 0.1) is 6.92 Å². The molecule has 0 saturated carbocycles. The number of aldehydes is 1. The van der Waals surface area contributed by atoms with Crippen molar-refractivity contribution in [3.8, 4) is 0 Å². The van der Waals surface area contributed by atoms with Gasteiger partial charge in [-0.3, -0.25) is 0 Å². The van der Waals surface area contributed by atoms with Crippen molar-refractivity contribution in [3.05, 3.63) is 35.4 Å². The molecular weight excluding hydrogens is 155 g/mol. The molecule has 12 heavy (non-hydrogen) atoms. The Kier molecular flexibility index (Phi) is 2.97. The molecule has 1 nitrogen and oxygen atoms in total. The second kappa shape index (κ2) is 4.00. The number of alkyl halides is 1. The zero-order chi connectivity index (χ0) is 8.97. The van der Waals surface area contributed by atoms with Crippen molar-refractivity contribution in [1.29, 1.82) is 0 Å². The van der Waals surface area contributed by atoms with Crippen molar-refractivity contribution < 1.29 is 9.18 Å². The molecule has 1 unspecified atom stereocenters. The summed E-state index contributed by atoms with van der Waals surface area (Å²) in [5.74, 6) is 0. The maximum absolute atomic E-state index is 13.2. The summed E-state index contributed by atoms with van der Waals surface area (Å²) in [4.78, 5) is 10.1. The highest BCUT2D eigenvalue weighted by Crippen LogP contribution is 2.22. The highest BCUT2D eigenvalue weighted by atomic mass is 19.1. The van der Waals surface area contributed by atoms with Gasteiger partial charge in [0.25, 0.3) is 0 Å². The molecule has 0 amide bonds. The van der Waals surface area contributed by atoms with Crippen LogP contribution in [0.25, 0.3) is 0 Å². The van der Waals surface area contributed by atoms with Gasteiger partial charge in [0.05, 0.1) is 0 Å². The largest absolute Gasteiger partial charge is 0.303 e. The Morgan fingerprint density at radius 2 is 2.17 bits per heavy atom. The fraction of sp³-hybridized carbons (Fsp3) is 0.300. The number of carbonyl (C=O) groups is 1. The Hall–Kier alpha value is -1.18. The molecule has 0 radical (unpaired) electrons. The van der Waals surface area contributed by atoms with Gasteiger partial charge in [0.1, 0.15) is 12.5 Å². The molecule has 2 heteroatoms. The summed E-state index contributed by atoms with van der Waals surface area (Å²) in [6.07, 6.45) is -0.592. The highest BCUT2D eigenvalue weighted by molar-refractivity contribution is 5.51. The number of benzene rings is 1. The van der Waals surface area contributed by atoms with E-state index in [1.54, 1.807) is 12.1 Å². The summed E-state index contributed by atoms with van der Waals surface area (Å²) < 4.78 is 13.2. The van der Waals surface area contributed by atoms with E-state index in [2.05, 4.69) is 0 Å². The number of carbonyl (C=O) groups excluding carboxylic acids is 1. The van der Waals surface area contributed by atoms with Crippen molar-refractivity contribution in [2.75, 3.05) is 0 Å². The number of aryl methyl sites for hydroxylation is 1. The second-order valence-corrected chi connectivity index (χ2v) is 2.73. The zero-order valence-corrected chi connectivity index (χ0v) is 6.96. The van der Waals surface area contributed by atoms with Gasteiger partial charge in [0.2, 0.25) is 0 Å². The second-order valence-electron chi connectivity index (χ2n) is 2.73. The molecule has 1 aromatic carbocycles. The highest BCUT2D eigenvalue weighted by Gasteiger charge is 2.10. The first-order chi connectivity index (χ1) is 5.75. The van der Waals surface area contributed by atoms with Crippen molar-refractivity contribution in [3.63, 3.8) is 0 Å². The molecule has 0 fully saturated rings. The van der Waals surface area contributed by atoms with Crippen LogP contribution < -0.4 is 0 Å². The molecule has 0 heterocycles. The van der Waals surface area contributed by atoms with Crippen molar-refractivity contribution >= 4 is 6.29 Å². The quantitative estimate of drug-likeness (QED) is 0.631. The van der Waals surface area contributed by atoms with Crippen LogP contribution in [0.5, 0.6) is 0 Å². The smallest absolute Gasteiger partial charge is 0.132 e. The van der Waals surface area contributed by atoms with E-state index >= 15 is 0 Å². The van der Waals surface area contributed by atoms with E-state index in [-0.39, 0.29) is 6.42 Å². The van der Waals surface area contributed by atoms with Gasteiger partial charge in [-0.05, 0) is 18.1 Å². The minimum absolute atomic E-state index is 0.0507. The summed E-state index contributed by atoms with van der Waals surface area (Å²) in [5.41, 5.74) is 1.51. The Morgan fingerprint density at radius 3 is 2.75 bits per heavy atom. The van der Waals surface area contributed by atoms with Crippen LogP contribution in [0.2, 0.25) is 0 Å². The molecule has 1 rings (SSSR count). The van der Waals surface area contributed by atoms with Gasteiger partial charge in [-0.1, -0.05) is 24.3 Å². The lowest BCUT2D eigenvalue weighted by Crippen LogP contribution is -1.94. The van der Waals surface area contributed by atoms with Crippen LogP contribution in [0.4, 0.5) is 4.39 Å². The molecule has 1 atom stereocenters. The van der Waals surface area contributed by atoms with Crippen LogP contribution in [0.3, 0.4) is 0 Å². The number of halogens is 1. The van der Waals surface area contributed by atoms with E-state index in [1.807, 2.05) is 19.1 Å². The van der Waals surface area contributed by atoms with Crippen LogP contribution in [-0.4, -0.2) is 6.29 Å². The van der Waals surface area contributed by atoms with Gasteiger partial charge in [-0.25, -0.2) is 4.39 Å².